The molecule has 126 valence electrons. The highest BCUT2D eigenvalue weighted by molar-refractivity contribution is 5.77. The molecule has 2 unspecified atom stereocenters. The van der Waals surface area contributed by atoms with Gasteiger partial charge in [0.1, 0.15) is 12.7 Å². The van der Waals surface area contributed by atoms with Crippen LogP contribution in [0.2, 0.25) is 0 Å². The lowest BCUT2D eigenvalue weighted by atomic mass is 9.88. The minimum absolute atomic E-state index is 0.0301. The first kappa shape index (κ1) is 16.3. The molecule has 0 spiro atoms. The predicted molar refractivity (Wildman–Crippen MR) is 90.2 cm³/mol. The molecule has 2 aromatic carbocycles. The highest BCUT2D eigenvalue weighted by atomic mass is 16.6. The Bertz CT molecular complexity index is 694. The quantitative estimate of drug-likeness (QED) is 0.917. The molecular weight excluding hydrogens is 306 g/mol. The summed E-state index contributed by atoms with van der Waals surface area (Å²) in [7, 11) is 1.61. The molecule has 5 heteroatoms. The SMILES string of the molecule is COc1ccccc1OC(C)(c1ccccc1)C1CNC(=O)CO1. The van der Waals surface area contributed by atoms with E-state index in [2.05, 4.69) is 5.32 Å². The standard InChI is InChI=1S/C19H21NO4/c1-19(14-8-4-3-5-9-14,17-12-20-18(21)13-23-17)24-16-11-7-6-10-15(16)22-2/h3-11,17H,12-13H2,1-2H3,(H,20,21). The van der Waals surface area contributed by atoms with Crippen LogP contribution in [-0.4, -0.2) is 32.3 Å². The Balaban J connectivity index is 1.97. The number of carbonyl (C=O) groups is 1. The zero-order chi connectivity index (χ0) is 17.0. The number of ether oxygens (including phenoxy) is 3. The maximum atomic E-state index is 11.4. The number of nitrogens with one attached hydrogen (secondary N) is 1. The van der Waals surface area contributed by atoms with Crippen LogP contribution in [0, 0.1) is 0 Å². The van der Waals surface area contributed by atoms with E-state index >= 15 is 0 Å². The number of amides is 1. The first-order valence-electron chi connectivity index (χ1n) is 7.89. The van der Waals surface area contributed by atoms with Gasteiger partial charge in [0.25, 0.3) is 0 Å². The summed E-state index contributed by atoms with van der Waals surface area (Å²) in [5, 5.41) is 2.85. The van der Waals surface area contributed by atoms with Crippen molar-refractivity contribution in [2.24, 2.45) is 0 Å². The first-order valence-corrected chi connectivity index (χ1v) is 7.89. The second-order valence-corrected chi connectivity index (χ2v) is 5.83. The summed E-state index contributed by atoms with van der Waals surface area (Å²) in [4.78, 5) is 11.4. The lowest BCUT2D eigenvalue weighted by Crippen LogP contribution is -2.54. The summed E-state index contributed by atoms with van der Waals surface area (Å²) in [6, 6.07) is 17.4. The average molecular weight is 327 g/mol. The Morgan fingerprint density at radius 3 is 2.38 bits per heavy atom. The Labute approximate surface area is 141 Å². The molecular formula is C19H21NO4. The van der Waals surface area contributed by atoms with Gasteiger partial charge in [0.05, 0.1) is 7.11 Å². The van der Waals surface area contributed by atoms with Gasteiger partial charge in [-0.05, 0) is 24.6 Å². The van der Waals surface area contributed by atoms with E-state index in [1.807, 2.05) is 61.5 Å². The van der Waals surface area contributed by atoms with Gasteiger partial charge in [-0.15, -0.1) is 0 Å². The number of hydrogen-bond acceptors (Lipinski definition) is 4. The number of rotatable bonds is 5. The molecule has 24 heavy (non-hydrogen) atoms. The van der Waals surface area contributed by atoms with Gasteiger partial charge in [-0.3, -0.25) is 4.79 Å². The molecule has 2 aromatic rings. The van der Waals surface area contributed by atoms with E-state index in [0.29, 0.717) is 18.0 Å². The van der Waals surface area contributed by atoms with E-state index in [1.165, 1.54) is 0 Å². The van der Waals surface area contributed by atoms with Crippen LogP contribution >= 0.6 is 0 Å². The van der Waals surface area contributed by atoms with Crippen LogP contribution in [0.15, 0.2) is 54.6 Å². The number of morpholine rings is 1. The third kappa shape index (κ3) is 3.21. The van der Waals surface area contributed by atoms with Crippen molar-refractivity contribution in [3.63, 3.8) is 0 Å². The largest absolute Gasteiger partial charge is 0.493 e. The van der Waals surface area contributed by atoms with Gasteiger partial charge < -0.3 is 19.5 Å². The molecule has 0 saturated carbocycles. The van der Waals surface area contributed by atoms with Crippen LogP contribution in [0.5, 0.6) is 11.5 Å². The molecule has 3 rings (SSSR count). The van der Waals surface area contributed by atoms with Gasteiger partial charge in [-0.2, -0.15) is 0 Å². The van der Waals surface area contributed by atoms with Crippen molar-refractivity contribution in [3.05, 3.63) is 60.2 Å². The van der Waals surface area contributed by atoms with E-state index in [-0.39, 0.29) is 18.6 Å². The number of benzene rings is 2. The zero-order valence-electron chi connectivity index (χ0n) is 13.8. The van der Waals surface area contributed by atoms with Crippen molar-refractivity contribution in [3.8, 4) is 11.5 Å². The van der Waals surface area contributed by atoms with E-state index in [0.717, 1.165) is 5.56 Å². The Hall–Kier alpha value is -2.53. The van der Waals surface area contributed by atoms with Gasteiger partial charge in [-0.25, -0.2) is 0 Å². The van der Waals surface area contributed by atoms with Crippen LogP contribution in [0.1, 0.15) is 12.5 Å². The maximum absolute atomic E-state index is 11.4. The third-order valence-electron chi connectivity index (χ3n) is 4.25. The minimum atomic E-state index is -0.774. The number of para-hydroxylation sites is 2. The Kier molecular flexibility index (Phi) is 4.71. The molecule has 1 heterocycles. The molecule has 0 radical (unpaired) electrons. The molecule has 5 nitrogen and oxygen atoms in total. The van der Waals surface area contributed by atoms with Crippen LogP contribution in [-0.2, 0) is 15.1 Å². The van der Waals surface area contributed by atoms with Gasteiger partial charge in [0, 0.05) is 6.54 Å². The van der Waals surface area contributed by atoms with Crippen LogP contribution < -0.4 is 14.8 Å². The Morgan fingerprint density at radius 2 is 1.75 bits per heavy atom. The average Bonchev–Trinajstić information content (AvgIpc) is 2.63. The normalized spacial score (nSPS) is 19.9. The molecule has 1 aliphatic heterocycles. The summed E-state index contributed by atoms with van der Waals surface area (Å²) in [6.07, 6.45) is -0.317. The Morgan fingerprint density at radius 1 is 1.08 bits per heavy atom. The lowest BCUT2D eigenvalue weighted by Gasteiger charge is -2.40. The van der Waals surface area contributed by atoms with E-state index < -0.39 is 5.60 Å². The summed E-state index contributed by atoms with van der Waals surface area (Å²) in [5.41, 5.74) is 0.195. The molecule has 0 bridgehead atoms. The molecule has 0 aliphatic carbocycles. The van der Waals surface area contributed by atoms with Crippen LogP contribution in [0.4, 0.5) is 0 Å². The van der Waals surface area contributed by atoms with Crippen molar-refractivity contribution in [2.75, 3.05) is 20.3 Å². The van der Waals surface area contributed by atoms with Gasteiger partial charge in [0.15, 0.2) is 17.1 Å². The van der Waals surface area contributed by atoms with Gasteiger partial charge in [-0.1, -0.05) is 42.5 Å². The van der Waals surface area contributed by atoms with Gasteiger partial charge in [0.2, 0.25) is 5.91 Å². The van der Waals surface area contributed by atoms with Crippen molar-refractivity contribution >= 4 is 5.91 Å². The molecule has 1 N–H and O–H groups in total. The first-order chi connectivity index (χ1) is 11.6. The lowest BCUT2D eigenvalue weighted by molar-refractivity contribution is -0.146. The smallest absolute Gasteiger partial charge is 0.246 e. The predicted octanol–water partition coefficient (Wildman–Crippen LogP) is 2.50. The van der Waals surface area contributed by atoms with E-state index in [1.54, 1.807) is 7.11 Å². The fourth-order valence-electron chi connectivity index (χ4n) is 2.86. The second kappa shape index (κ2) is 6.93. The zero-order valence-corrected chi connectivity index (χ0v) is 13.8. The van der Waals surface area contributed by atoms with E-state index in [4.69, 9.17) is 14.2 Å². The van der Waals surface area contributed by atoms with Crippen molar-refractivity contribution < 1.29 is 19.0 Å². The van der Waals surface area contributed by atoms with Crippen molar-refractivity contribution in [1.82, 2.24) is 5.32 Å². The highest BCUT2D eigenvalue weighted by Gasteiger charge is 2.42. The number of methoxy groups -OCH3 is 1. The third-order valence-corrected chi connectivity index (χ3v) is 4.25. The highest BCUT2D eigenvalue weighted by Crippen LogP contribution is 2.37. The minimum Gasteiger partial charge on any atom is -0.493 e. The summed E-state index contributed by atoms with van der Waals surface area (Å²) in [6.45, 7) is 2.39. The maximum Gasteiger partial charge on any atom is 0.246 e. The topological polar surface area (TPSA) is 56.8 Å². The summed E-state index contributed by atoms with van der Waals surface area (Å²) >= 11 is 0. The van der Waals surface area contributed by atoms with Crippen LogP contribution in [0.25, 0.3) is 0 Å². The number of hydrogen-bond donors (Lipinski definition) is 1. The second-order valence-electron chi connectivity index (χ2n) is 5.83. The van der Waals surface area contributed by atoms with E-state index in [9.17, 15) is 4.79 Å². The van der Waals surface area contributed by atoms with Crippen molar-refractivity contribution in [2.45, 2.75) is 18.6 Å². The van der Waals surface area contributed by atoms with Crippen LogP contribution in [0.3, 0.4) is 0 Å². The van der Waals surface area contributed by atoms with Crippen molar-refractivity contribution in [1.29, 1.82) is 0 Å². The molecule has 2 atom stereocenters. The molecule has 1 saturated heterocycles. The summed E-state index contributed by atoms with van der Waals surface area (Å²) < 4.78 is 17.6. The molecule has 1 amide bonds. The fraction of sp³-hybridized carbons (Fsp3) is 0.316. The molecule has 0 aromatic heterocycles. The molecule has 1 aliphatic rings. The summed E-state index contributed by atoms with van der Waals surface area (Å²) in [5.74, 6) is 1.17. The number of carbonyl (C=O) groups excluding carboxylic acids is 1. The molecule has 1 fully saturated rings. The monoisotopic (exact) mass is 327 g/mol. The van der Waals surface area contributed by atoms with Gasteiger partial charge >= 0.3 is 0 Å². The fourth-order valence-corrected chi connectivity index (χ4v) is 2.86.